The molecule has 4 N–H and O–H groups in total. The molecular weight excluding hydrogens is 250 g/mol. The topological polar surface area (TPSA) is 67.2 Å². The normalized spacial score (nSPS) is 12.2. The lowest BCUT2D eigenvalue weighted by Gasteiger charge is -2.15. The van der Waals surface area contributed by atoms with Crippen LogP contribution in [0.4, 0.5) is 10.5 Å². The number of nitrogens with two attached hydrogens (primary N) is 1. The van der Waals surface area contributed by atoms with Gasteiger partial charge in [0.05, 0.1) is 0 Å². The molecule has 1 aromatic rings. The molecular formula is C16H27N3O. The van der Waals surface area contributed by atoms with E-state index in [1.54, 1.807) is 0 Å². The molecule has 0 saturated heterocycles. The van der Waals surface area contributed by atoms with Crippen LogP contribution in [-0.4, -0.2) is 12.1 Å². The van der Waals surface area contributed by atoms with Gasteiger partial charge >= 0.3 is 6.03 Å². The van der Waals surface area contributed by atoms with Crippen molar-refractivity contribution in [1.82, 2.24) is 5.32 Å². The second-order valence-electron chi connectivity index (χ2n) is 5.73. The predicted octanol–water partition coefficient (Wildman–Crippen LogP) is 3.48. The summed E-state index contributed by atoms with van der Waals surface area (Å²) < 4.78 is 0. The summed E-state index contributed by atoms with van der Waals surface area (Å²) >= 11 is 0. The van der Waals surface area contributed by atoms with E-state index in [9.17, 15) is 4.79 Å². The zero-order chi connectivity index (χ0) is 15.0. The number of benzene rings is 1. The molecule has 0 radical (unpaired) electrons. The van der Waals surface area contributed by atoms with Gasteiger partial charge in [-0.1, -0.05) is 38.8 Å². The maximum atomic E-state index is 11.8. The van der Waals surface area contributed by atoms with Gasteiger partial charge in [0.25, 0.3) is 0 Å². The summed E-state index contributed by atoms with van der Waals surface area (Å²) in [6.07, 6.45) is 3.36. The highest BCUT2D eigenvalue weighted by Crippen LogP contribution is 2.10. The number of urea groups is 1. The van der Waals surface area contributed by atoms with Crippen molar-refractivity contribution < 1.29 is 4.79 Å². The molecule has 1 rings (SSSR count). The number of carbonyl (C=O) groups is 1. The molecule has 0 spiro atoms. The van der Waals surface area contributed by atoms with E-state index in [1.165, 1.54) is 6.42 Å². The quantitative estimate of drug-likeness (QED) is 0.714. The highest BCUT2D eigenvalue weighted by molar-refractivity contribution is 5.89. The number of nitrogens with one attached hydrogen (secondary N) is 2. The Morgan fingerprint density at radius 3 is 2.35 bits per heavy atom. The van der Waals surface area contributed by atoms with Crippen LogP contribution in [0.1, 0.15) is 45.6 Å². The standard InChI is InChI=1S/C16H27N3O/c1-12(2)5-4-6-13(3)18-16(20)19-15-9-7-14(11-17)8-10-15/h7-10,12-13H,4-6,11,17H2,1-3H3,(H2,18,19,20). The fourth-order valence-electron chi connectivity index (χ4n) is 2.02. The predicted molar refractivity (Wildman–Crippen MR) is 84.6 cm³/mol. The Bertz CT molecular complexity index is 401. The first-order valence-corrected chi connectivity index (χ1v) is 7.37. The molecule has 1 aromatic carbocycles. The third-order valence-corrected chi connectivity index (χ3v) is 3.24. The van der Waals surface area contributed by atoms with Crippen molar-refractivity contribution in [2.75, 3.05) is 5.32 Å². The van der Waals surface area contributed by atoms with Crippen LogP contribution in [0.25, 0.3) is 0 Å². The van der Waals surface area contributed by atoms with Crippen LogP contribution in [-0.2, 0) is 6.54 Å². The fourth-order valence-corrected chi connectivity index (χ4v) is 2.02. The van der Waals surface area contributed by atoms with Crippen molar-refractivity contribution in [2.24, 2.45) is 11.7 Å². The summed E-state index contributed by atoms with van der Waals surface area (Å²) in [6, 6.07) is 7.61. The Kier molecular flexibility index (Phi) is 7.09. The molecule has 0 saturated carbocycles. The Balaban J connectivity index is 2.31. The van der Waals surface area contributed by atoms with Crippen molar-refractivity contribution in [2.45, 2.75) is 52.6 Å². The van der Waals surface area contributed by atoms with Gasteiger partial charge in [-0.2, -0.15) is 0 Å². The molecule has 4 nitrogen and oxygen atoms in total. The number of hydrogen-bond donors (Lipinski definition) is 3. The highest BCUT2D eigenvalue weighted by atomic mass is 16.2. The van der Waals surface area contributed by atoms with Gasteiger partial charge in [-0.25, -0.2) is 4.79 Å². The molecule has 0 aliphatic rings. The minimum absolute atomic E-state index is 0.150. The molecule has 1 unspecified atom stereocenters. The molecule has 0 aromatic heterocycles. The molecule has 1 atom stereocenters. The van der Waals surface area contributed by atoms with Crippen LogP contribution in [0.2, 0.25) is 0 Å². The second-order valence-corrected chi connectivity index (χ2v) is 5.73. The molecule has 0 heterocycles. The summed E-state index contributed by atoms with van der Waals surface area (Å²) in [6.45, 7) is 6.99. The van der Waals surface area contributed by atoms with Gasteiger partial charge in [0.2, 0.25) is 0 Å². The van der Waals surface area contributed by atoms with E-state index in [4.69, 9.17) is 5.73 Å². The molecule has 0 bridgehead atoms. The van der Waals surface area contributed by atoms with E-state index in [0.717, 1.165) is 30.0 Å². The van der Waals surface area contributed by atoms with Gasteiger partial charge in [0, 0.05) is 18.3 Å². The van der Waals surface area contributed by atoms with Crippen molar-refractivity contribution in [3.63, 3.8) is 0 Å². The average molecular weight is 277 g/mol. The SMILES string of the molecule is CC(C)CCCC(C)NC(=O)Nc1ccc(CN)cc1. The first-order valence-electron chi connectivity index (χ1n) is 7.37. The van der Waals surface area contributed by atoms with E-state index < -0.39 is 0 Å². The third-order valence-electron chi connectivity index (χ3n) is 3.24. The smallest absolute Gasteiger partial charge is 0.319 e. The zero-order valence-corrected chi connectivity index (χ0v) is 12.8. The molecule has 20 heavy (non-hydrogen) atoms. The summed E-state index contributed by atoms with van der Waals surface area (Å²) in [5.74, 6) is 0.720. The van der Waals surface area contributed by atoms with E-state index in [0.29, 0.717) is 6.54 Å². The lowest BCUT2D eigenvalue weighted by atomic mass is 10.0. The van der Waals surface area contributed by atoms with Gasteiger partial charge in [-0.15, -0.1) is 0 Å². The monoisotopic (exact) mass is 277 g/mol. The summed E-state index contributed by atoms with van der Waals surface area (Å²) in [5.41, 5.74) is 7.37. The van der Waals surface area contributed by atoms with Gasteiger partial charge in [0.1, 0.15) is 0 Å². The minimum atomic E-state index is -0.150. The second kappa shape index (κ2) is 8.59. The van der Waals surface area contributed by atoms with Crippen LogP contribution in [0.15, 0.2) is 24.3 Å². The Labute approximate surface area is 122 Å². The zero-order valence-electron chi connectivity index (χ0n) is 12.8. The van der Waals surface area contributed by atoms with Gasteiger partial charge < -0.3 is 16.4 Å². The van der Waals surface area contributed by atoms with E-state index in [-0.39, 0.29) is 12.1 Å². The first kappa shape index (κ1) is 16.5. The van der Waals surface area contributed by atoms with Gasteiger partial charge in [-0.3, -0.25) is 0 Å². The van der Waals surface area contributed by atoms with Crippen molar-refractivity contribution in [3.05, 3.63) is 29.8 Å². The summed E-state index contributed by atoms with van der Waals surface area (Å²) in [4.78, 5) is 11.8. The Morgan fingerprint density at radius 2 is 1.80 bits per heavy atom. The lowest BCUT2D eigenvalue weighted by molar-refractivity contribution is 0.248. The van der Waals surface area contributed by atoms with E-state index in [2.05, 4.69) is 24.5 Å². The maximum Gasteiger partial charge on any atom is 0.319 e. The first-order chi connectivity index (χ1) is 9.51. The molecule has 0 aliphatic heterocycles. The van der Waals surface area contributed by atoms with Crippen molar-refractivity contribution >= 4 is 11.7 Å². The number of rotatable bonds is 7. The average Bonchev–Trinajstić information content (AvgIpc) is 2.38. The molecule has 0 aliphatic carbocycles. The van der Waals surface area contributed by atoms with Crippen LogP contribution in [0.3, 0.4) is 0 Å². The van der Waals surface area contributed by atoms with Crippen LogP contribution >= 0.6 is 0 Å². The summed E-state index contributed by atoms with van der Waals surface area (Å²) in [7, 11) is 0. The number of anilines is 1. The summed E-state index contributed by atoms with van der Waals surface area (Å²) in [5, 5.41) is 5.79. The number of hydrogen-bond acceptors (Lipinski definition) is 2. The number of amides is 2. The fraction of sp³-hybridized carbons (Fsp3) is 0.562. The van der Waals surface area contributed by atoms with Crippen molar-refractivity contribution in [1.29, 1.82) is 0 Å². The lowest BCUT2D eigenvalue weighted by Crippen LogP contribution is -2.36. The Morgan fingerprint density at radius 1 is 1.15 bits per heavy atom. The van der Waals surface area contributed by atoms with Crippen LogP contribution in [0, 0.1) is 5.92 Å². The van der Waals surface area contributed by atoms with Gasteiger partial charge in [0.15, 0.2) is 0 Å². The molecule has 112 valence electrons. The van der Waals surface area contributed by atoms with Crippen molar-refractivity contribution in [3.8, 4) is 0 Å². The highest BCUT2D eigenvalue weighted by Gasteiger charge is 2.07. The van der Waals surface area contributed by atoms with Crippen LogP contribution in [0.5, 0.6) is 0 Å². The Hall–Kier alpha value is -1.55. The van der Waals surface area contributed by atoms with Gasteiger partial charge in [-0.05, 0) is 37.0 Å². The maximum absolute atomic E-state index is 11.8. The molecule has 0 fully saturated rings. The minimum Gasteiger partial charge on any atom is -0.335 e. The van der Waals surface area contributed by atoms with E-state index >= 15 is 0 Å². The molecule has 4 heteroatoms. The van der Waals surface area contributed by atoms with Crippen LogP contribution < -0.4 is 16.4 Å². The largest absolute Gasteiger partial charge is 0.335 e. The molecule has 2 amide bonds. The van der Waals surface area contributed by atoms with E-state index in [1.807, 2.05) is 31.2 Å². The number of carbonyl (C=O) groups excluding carboxylic acids is 1. The third kappa shape index (κ3) is 6.57.